The van der Waals surface area contributed by atoms with Crippen LogP contribution in [0.4, 0.5) is 17.1 Å². The maximum atomic E-state index is 6.13. The first-order valence-electron chi connectivity index (χ1n) is 16.4. The third-order valence-corrected chi connectivity index (χ3v) is 9.32. The van der Waals surface area contributed by atoms with Crippen molar-refractivity contribution in [2.45, 2.75) is 46.0 Å². The smallest absolute Gasteiger partial charge is 0.504 e. The molecule has 0 saturated heterocycles. The molecule has 0 aliphatic carbocycles. The summed E-state index contributed by atoms with van der Waals surface area (Å²) in [5.41, 5.74) is 13.1. The van der Waals surface area contributed by atoms with E-state index < -0.39 is 0 Å². The second-order valence-corrected chi connectivity index (χ2v) is 13.0. The van der Waals surface area contributed by atoms with Crippen molar-refractivity contribution in [3.8, 4) is 17.1 Å². The minimum Gasteiger partial charge on any atom is -0.504 e. The zero-order chi connectivity index (χ0) is 32.2. The third-order valence-electron chi connectivity index (χ3n) is 9.32. The van der Waals surface area contributed by atoms with E-state index in [-0.39, 0.29) is 20.1 Å². The van der Waals surface area contributed by atoms with Gasteiger partial charge in [-0.1, -0.05) is 81.2 Å². The SMILES string of the molecule is CC(C)c1cccc(C(C)C)c1-n1ccnc1-c1[c-]cccc1.CN1[CH-]N2c3c(cccc31)Cc1cccc3oc4cc[c-]c2c4c13.[Ir+3]. The summed E-state index contributed by atoms with van der Waals surface area (Å²) in [6, 6.07) is 38.2. The number of imidazole rings is 1. The van der Waals surface area contributed by atoms with Gasteiger partial charge in [0.2, 0.25) is 0 Å². The summed E-state index contributed by atoms with van der Waals surface area (Å²) in [6.45, 7) is 11.1. The first-order chi connectivity index (χ1) is 22.9. The van der Waals surface area contributed by atoms with E-state index in [1.807, 2.05) is 36.5 Å². The Morgan fingerprint density at radius 2 is 1.48 bits per heavy atom. The molecule has 0 radical (unpaired) electrons. The summed E-state index contributed by atoms with van der Waals surface area (Å²) >= 11 is 0. The van der Waals surface area contributed by atoms with Crippen LogP contribution in [0.3, 0.4) is 0 Å². The van der Waals surface area contributed by atoms with Crippen molar-refractivity contribution in [3.05, 3.63) is 144 Å². The number of anilines is 3. The summed E-state index contributed by atoms with van der Waals surface area (Å²) in [6.07, 6.45) is 4.84. The number of furan rings is 1. The number of fused-ring (bicyclic) bond motifs is 1. The monoisotopic (exact) mass is 806 g/mol. The number of hydrogen-bond donors (Lipinski definition) is 0. The molecule has 240 valence electrons. The molecule has 0 unspecified atom stereocenters. The summed E-state index contributed by atoms with van der Waals surface area (Å²) in [5.74, 6) is 1.86. The van der Waals surface area contributed by atoms with Crippen molar-refractivity contribution in [2.75, 3.05) is 16.8 Å². The van der Waals surface area contributed by atoms with Crippen LogP contribution in [-0.4, -0.2) is 16.6 Å². The van der Waals surface area contributed by atoms with Gasteiger partial charge in [-0.25, -0.2) is 0 Å². The second kappa shape index (κ2) is 12.8. The first-order valence-corrected chi connectivity index (χ1v) is 16.4. The molecule has 0 amide bonds. The Morgan fingerprint density at radius 3 is 2.23 bits per heavy atom. The number of rotatable bonds is 4. The van der Waals surface area contributed by atoms with E-state index in [0.717, 1.165) is 40.0 Å². The zero-order valence-corrected chi connectivity index (χ0v) is 30.2. The van der Waals surface area contributed by atoms with Crippen LogP contribution in [0.25, 0.3) is 39.0 Å². The van der Waals surface area contributed by atoms with Crippen LogP contribution in [0.5, 0.6) is 0 Å². The van der Waals surface area contributed by atoms with E-state index in [0.29, 0.717) is 11.8 Å². The van der Waals surface area contributed by atoms with Crippen LogP contribution in [0.1, 0.15) is 61.8 Å². The van der Waals surface area contributed by atoms with Crippen molar-refractivity contribution >= 4 is 39.0 Å². The van der Waals surface area contributed by atoms with Gasteiger partial charge in [0.1, 0.15) is 5.58 Å². The van der Waals surface area contributed by atoms with Crippen molar-refractivity contribution in [1.82, 2.24) is 9.55 Å². The normalized spacial score (nSPS) is 13.1. The van der Waals surface area contributed by atoms with Gasteiger partial charge in [-0.15, -0.1) is 42.0 Å². The summed E-state index contributed by atoms with van der Waals surface area (Å²) in [5, 5.41) is 2.38. The molecule has 4 heterocycles. The topological polar surface area (TPSA) is 37.4 Å². The van der Waals surface area contributed by atoms with E-state index in [4.69, 9.17) is 4.42 Å². The summed E-state index contributed by atoms with van der Waals surface area (Å²) in [4.78, 5) is 9.04. The van der Waals surface area contributed by atoms with E-state index in [1.54, 1.807) is 0 Å². The maximum Gasteiger partial charge on any atom is 3.00 e. The Morgan fingerprint density at radius 1 is 0.750 bits per heavy atom. The molecule has 2 aliphatic heterocycles. The van der Waals surface area contributed by atoms with Gasteiger partial charge < -0.3 is 18.8 Å². The first kappa shape index (κ1) is 31.9. The molecule has 7 aromatic rings. The molecule has 5 nitrogen and oxygen atoms in total. The van der Waals surface area contributed by atoms with Crippen molar-refractivity contribution in [2.24, 2.45) is 0 Å². The van der Waals surface area contributed by atoms with Crippen molar-refractivity contribution < 1.29 is 24.5 Å². The van der Waals surface area contributed by atoms with Crippen LogP contribution in [0, 0.1) is 18.8 Å². The molecule has 48 heavy (non-hydrogen) atoms. The van der Waals surface area contributed by atoms with Gasteiger partial charge in [0.05, 0.1) is 5.82 Å². The Labute approximate surface area is 296 Å². The molecule has 0 N–H and O–H groups in total. The van der Waals surface area contributed by atoms with Crippen LogP contribution >= 0.6 is 0 Å². The fourth-order valence-electron chi connectivity index (χ4n) is 7.15. The molecule has 2 aromatic heterocycles. The average molecular weight is 806 g/mol. The quantitative estimate of drug-likeness (QED) is 0.166. The fraction of sp³-hybridized carbons (Fsp3) is 0.190. The molecule has 5 aromatic carbocycles. The number of para-hydroxylation sites is 2. The Balaban J connectivity index is 0.000000149. The molecule has 0 saturated carbocycles. The zero-order valence-electron chi connectivity index (χ0n) is 27.8. The number of benzene rings is 5. The van der Waals surface area contributed by atoms with Crippen LogP contribution in [-0.2, 0) is 26.5 Å². The molecule has 0 spiro atoms. The number of nitrogens with zero attached hydrogens (tertiary/aromatic N) is 4. The summed E-state index contributed by atoms with van der Waals surface area (Å²) in [7, 11) is 2.10. The van der Waals surface area contributed by atoms with E-state index >= 15 is 0 Å². The van der Waals surface area contributed by atoms with Gasteiger partial charge in [0.15, 0.2) is 0 Å². The maximum absolute atomic E-state index is 6.13. The number of hydrogen-bond acceptors (Lipinski definition) is 4. The van der Waals surface area contributed by atoms with E-state index in [1.165, 1.54) is 44.7 Å². The molecule has 9 rings (SSSR count). The van der Waals surface area contributed by atoms with Gasteiger partial charge >= 0.3 is 20.1 Å². The predicted octanol–water partition coefficient (Wildman–Crippen LogP) is 10.6. The van der Waals surface area contributed by atoms with Gasteiger partial charge in [-0.05, 0) is 65.1 Å². The van der Waals surface area contributed by atoms with Crippen molar-refractivity contribution in [3.63, 3.8) is 0 Å². The minimum absolute atomic E-state index is 0. The molecule has 0 fully saturated rings. The van der Waals surface area contributed by atoms with Crippen LogP contribution < -0.4 is 9.80 Å². The molecule has 0 bridgehead atoms. The van der Waals surface area contributed by atoms with Gasteiger partial charge in [-0.3, -0.25) is 4.98 Å². The Bertz CT molecular complexity index is 2220. The summed E-state index contributed by atoms with van der Waals surface area (Å²) < 4.78 is 8.35. The standard InChI is InChI=1S/C21H14N2O.C21H23N2.Ir/c1-22-12-23-15-7-4-10-18-20(15)19-13(5-3-9-17(19)24-18)11-14-6-2-8-16(22)21(14)23;1-15(2)18-11-8-12-19(16(3)4)20(18)23-14-13-22-21(23)17-9-6-5-7-10-17;/h2-6,8-10,12H,11H2,1H3;5-9,11-16H,1-4H3;/q-2;-1;+3. The largest absolute Gasteiger partial charge is 3.00 e. The Hall–Kier alpha value is -4.64. The second-order valence-electron chi connectivity index (χ2n) is 13.0. The minimum atomic E-state index is 0. The van der Waals surface area contributed by atoms with Crippen LogP contribution in [0.2, 0.25) is 0 Å². The van der Waals surface area contributed by atoms with E-state index in [2.05, 4.69) is 140 Å². The molecule has 6 heteroatoms. The van der Waals surface area contributed by atoms with Gasteiger partial charge in [0.25, 0.3) is 0 Å². The fourth-order valence-corrected chi connectivity index (χ4v) is 7.15. The molecular formula is C42H37IrN4O. The molecule has 0 atom stereocenters. The Kier molecular flexibility index (Phi) is 8.49. The number of aromatic nitrogens is 2. The third kappa shape index (κ3) is 5.24. The van der Waals surface area contributed by atoms with E-state index in [9.17, 15) is 0 Å². The van der Waals surface area contributed by atoms with Gasteiger partial charge in [-0.2, -0.15) is 18.8 Å². The molecular weight excluding hydrogens is 769 g/mol. The van der Waals surface area contributed by atoms with Gasteiger partial charge in [0, 0.05) is 35.0 Å². The average Bonchev–Trinajstić information content (AvgIpc) is 3.81. The van der Waals surface area contributed by atoms with Crippen LogP contribution in [0.15, 0.2) is 108 Å². The predicted molar refractivity (Wildman–Crippen MR) is 193 cm³/mol. The van der Waals surface area contributed by atoms with Crippen molar-refractivity contribution in [1.29, 1.82) is 0 Å². The molecule has 2 aliphatic rings.